The molecule has 0 amide bonds. The van der Waals surface area contributed by atoms with E-state index in [1.165, 1.54) is 4.57 Å². The van der Waals surface area contributed by atoms with E-state index in [1.54, 1.807) is 13.1 Å². The first-order valence-corrected chi connectivity index (χ1v) is 11.0. The van der Waals surface area contributed by atoms with Gasteiger partial charge in [0.25, 0.3) is 0 Å². The van der Waals surface area contributed by atoms with Gasteiger partial charge in [0.2, 0.25) is 0 Å². The van der Waals surface area contributed by atoms with Crippen LogP contribution in [0.5, 0.6) is 0 Å². The largest absolute Gasteiger partial charge is 0.417 e. The summed E-state index contributed by atoms with van der Waals surface area (Å²) in [7, 11) is 1.63. The first-order chi connectivity index (χ1) is 16.6. The maximum atomic E-state index is 14.7. The highest BCUT2D eigenvalue weighted by Gasteiger charge is 2.31. The van der Waals surface area contributed by atoms with E-state index in [1.807, 2.05) is 4.90 Å². The van der Waals surface area contributed by atoms with Crippen LogP contribution >= 0.6 is 0 Å². The molecular formula is C24H23F5N4O2. The molecule has 1 saturated heterocycles. The highest BCUT2D eigenvalue weighted by atomic mass is 19.4. The topological polar surface area (TPSA) is 60.2 Å². The van der Waals surface area contributed by atoms with Gasteiger partial charge in [-0.2, -0.15) is 18.2 Å². The molecule has 0 unspecified atom stereocenters. The lowest BCUT2D eigenvalue weighted by atomic mass is 10.00. The number of anilines is 1. The fourth-order valence-corrected chi connectivity index (χ4v) is 3.98. The molecule has 1 fully saturated rings. The first-order valence-electron chi connectivity index (χ1n) is 11.0. The molecule has 3 aromatic rings. The Kier molecular flexibility index (Phi) is 7.15. The number of aromatic nitrogens is 3. The predicted octanol–water partition coefficient (Wildman–Crippen LogP) is 3.68. The van der Waals surface area contributed by atoms with E-state index in [0.29, 0.717) is 49.6 Å². The van der Waals surface area contributed by atoms with Gasteiger partial charge in [0.1, 0.15) is 17.5 Å². The summed E-state index contributed by atoms with van der Waals surface area (Å²) in [6.07, 6.45) is -2.65. The van der Waals surface area contributed by atoms with Crippen LogP contribution in [-0.2, 0) is 37.2 Å². The van der Waals surface area contributed by atoms with Crippen molar-refractivity contribution in [1.82, 2.24) is 14.5 Å². The van der Waals surface area contributed by atoms with Crippen molar-refractivity contribution in [3.05, 3.63) is 86.7 Å². The Morgan fingerprint density at radius 3 is 2.31 bits per heavy atom. The van der Waals surface area contributed by atoms with Crippen LogP contribution in [0, 0.1) is 11.6 Å². The van der Waals surface area contributed by atoms with Gasteiger partial charge < -0.3 is 9.64 Å². The molecule has 1 aliphatic heterocycles. The Hall–Kier alpha value is -3.34. The van der Waals surface area contributed by atoms with Crippen LogP contribution in [0.4, 0.5) is 27.8 Å². The zero-order valence-electron chi connectivity index (χ0n) is 18.9. The molecule has 1 aromatic carbocycles. The van der Waals surface area contributed by atoms with Crippen LogP contribution in [0.1, 0.15) is 27.9 Å². The molecule has 6 nitrogen and oxygen atoms in total. The van der Waals surface area contributed by atoms with Gasteiger partial charge >= 0.3 is 11.9 Å². The lowest BCUT2D eigenvalue weighted by Gasteiger charge is -2.30. The zero-order chi connectivity index (χ0) is 25.2. The molecular weight excluding hydrogens is 471 g/mol. The van der Waals surface area contributed by atoms with E-state index in [0.717, 1.165) is 24.4 Å². The summed E-state index contributed by atoms with van der Waals surface area (Å²) in [6.45, 7) is 2.37. The molecule has 0 radical (unpaired) electrons. The van der Waals surface area contributed by atoms with Gasteiger partial charge in [0.15, 0.2) is 0 Å². The number of benzene rings is 1. The quantitative estimate of drug-likeness (QED) is 0.490. The monoisotopic (exact) mass is 494 g/mol. The Bertz CT molecular complexity index is 1250. The van der Waals surface area contributed by atoms with Crippen molar-refractivity contribution in [3.63, 3.8) is 0 Å². The number of hydrogen-bond acceptors (Lipinski definition) is 5. The smallest absolute Gasteiger partial charge is 0.378 e. The molecule has 0 atom stereocenters. The lowest BCUT2D eigenvalue weighted by molar-refractivity contribution is -0.137. The molecule has 186 valence electrons. The first kappa shape index (κ1) is 24.8. The highest BCUT2D eigenvalue weighted by Crippen LogP contribution is 2.30. The van der Waals surface area contributed by atoms with Gasteiger partial charge in [-0.3, -0.25) is 9.55 Å². The molecule has 1 aliphatic rings. The molecule has 3 heterocycles. The van der Waals surface area contributed by atoms with E-state index in [4.69, 9.17) is 4.74 Å². The third-order valence-corrected chi connectivity index (χ3v) is 5.87. The van der Waals surface area contributed by atoms with E-state index < -0.39 is 29.1 Å². The van der Waals surface area contributed by atoms with Crippen LogP contribution in [0.3, 0.4) is 0 Å². The number of rotatable bonds is 6. The Labute approximate surface area is 198 Å². The van der Waals surface area contributed by atoms with Crippen molar-refractivity contribution in [1.29, 1.82) is 0 Å². The molecule has 35 heavy (non-hydrogen) atoms. The van der Waals surface area contributed by atoms with E-state index in [9.17, 15) is 26.7 Å². The number of halogens is 5. The average molecular weight is 494 g/mol. The van der Waals surface area contributed by atoms with E-state index >= 15 is 0 Å². The van der Waals surface area contributed by atoms with Crippen molar-refractivity contribution in [3.8, 4) is 0 Å². The fraction of sp³-hybridized carbons (Fsp3) is 0.375. The molecule has 0 spiro atoms. The summed E-state index contributed by atoms with van der Waals surface area (Å²) < 4.78 is 74.9. The Balaban J connectivity index is 1.50. The molecule has 0 saturated carbocycles. The summed E-state index contributed by atoms with van der Waals surface area (Å²) in [4.78, 5) is 21.9. The number of pyridine rings is 1. The molecule has 2 aromatic heterocycles. The number of alkyl halides is 3. The molecule has 4 rings (SSSR count). The van der Waals surface area contributed by atoms with Crippen molar-refractivity contribution < 1.29 is 26.7 Å². The number of ether oxygens (including phenoxy) is 1. The minimum absolute atomic E-state index is 0.0466. The summed E-state index contributed by atoms with van der Waals surface area (Å²) in [6, 6.07) is 4.93. The van der Waals surface area contributed by atoms with Crippen molar-refractivity contribution >= 4 is 5.82 Å². The maximum Gasteiger partial charge on any atom is 0.417 e. The highest BCUT2D eigenvalue weighted by molar-refractivity contribution is 5.41. The second-order valence-corrected chi connectivity index (χ2v) is 8.34. The minimum Gasteiger partial charge on any atom is -0.378 e. The third-order valence-electron chi connectivity index (χ3n) is 5.87. The van der Waals surface area contributed by atoms with E-state index in [2.05, 4.69) is 9.97 Å². The second-order valence-electron chi connectivity index (χ2n) is 8.34. The Morgan fingerprint density at radius 2 is 1.66 bits per heavy atom. The van der Waals surface area contributed by atoms with Crippen LogP contribution in [0.25, 0.3) is 0 Å². The van der Waals surface area contributed by atoms with Gasteiger partial charge in [0, 0.05) is 50.6 Å². The third kappa shape index (κ3) is 5.84. The summed E-state index contributed by atoms with van der Waals surface area (Å²) >= 11 is 0. The summed E-state index contributed by atoms with van der Waals surface area (Å²) in [5.41, 5.74) is -0.853. The number of nitrogens with zero attached hydrogens (tertiary/aromatic N) is 4. The number of hydrogen-bond donors (Lipinski definition) is 0. The van der Waals surface area contributed by atoms with Crippen LogP contribution in [-0.4, -0.2) is 40.8 Å². The minimum atomic E-state index is -4.60. The van der Waals surface area contributed by atoms with Gasteiger partial charge in [0.05, 0.1) is 24.5 Å². The lowest BCUT2D eigenvalue weighted by Crippen LogP contribution is -2.40. The van der Waals surface area contributed by atoms with Crippen molar-refractivity contribution in [2.45, 2.75) is 25.4 Å². The van der Waals surface area contributed by atoms with Gasteiger partial charge in [-0.25, -0.2) is 13.6 Å². The summed E-state index contributed by atoms with van der Waals surface area (Å²) in [5, 5.41) is 0. The average Bonchev–Trinajstić information content (AvgIpc) is 2.82. The van der Waals surface area contributed by atoms with Gasteiger partial charge in [-0.05, 0) is 42.2 Å². The standard InChI is InChI=1S/C24H23F5N4O2/c1-32-22(33-4-6-35-7-5-33)12-18(31-23(32)34)3-2-15-10-20(25)19(21(26)11-15)9-16-8-17(14-30-13-16)24(27,28)29/h8,10-14H,2-7,9H2,1H3. The number of aryl methyl sites for hydroxylation is 2. The van der Waals surface area contributed by atoms with Crippen LogP contribution < -0.4 is 10.6 Å². The fourth-order valence-electron chi connectivity index (χ4n) is 3.98. The van der Waals surface area contributed by atoms with Crippen molar-refractivity contribution in [2.24, 2.45) is 7.05 Å². The van der Waals surface area contributed by atoms with Crippen LogP contribution in [0.15, 0.2) is 41.5 Å². The molecule has 0 aliphatic carbocycles. The molecule has 0 N–H and O–H groups in total. The van der Waals surface area contributed by atoms with Crippen LogP contribution in [0.2, 0.25) is 0 Å². The van der Waals surface area contributed by atoms with E-state index in [-0.39, 0.29) is 30.4 Å². The second kappa shape index (κ2) is 10.1. The van der Waals surface area contributed by atoms with Gasteiger partial charge in [-0.1, -0.05) is 0 Å². The number of morpholine rings is 1. The molecule has 0 bridgehead atoms. The SMILES string of the molecule is Cn1c(N2CCOCC2)cc(CCc2cc(F)c(Cc3cncc(C(F)(F)F)c3)c(F)c2)nc1=O. The maximum absolute atomic E-state index is 14.7. The Morgan fingerprint density at radius 1 is 0.971 bits per heavy atom. The molecule has 11 heteroatoms. The van der Waals surface area contributed by atoms with Gasteiger partial charge in [-0.15, -0.1) is 0 Å². The normalized spacial score (nSPS) is 14.4. The van der Waals surface area contributed by atoms with Crippen molar-refractivity contribution in [2.75, 3.05) is 31.2 Å². The predicted molar refractivity (Wildman–Crippen MR) is 118 cm³/mol. The zero-order valence-corrected chi connectivity index (χ0v) is 18.9. The summed E-state index contributed by atoms with van der Waals surface area (Å²) in [5.74, 6) is -1.02.